The second kappa shape index (κ2) is 6.69. The highest BCUT2D eigenvalue weighted by Crippen LogP contribution is 2.19. The molecule has 0 aliphatic rings. The number of hydrogen-bond acceptors (Lipinski definition) is 3. The maximum absolute atomic E-state index is 11.8. The molecular weight excluding hydrogens is 356 g/mol. The van der Waals surface area contributed by atoms with Gasteiger partial charge in [0, 0.05) is 35.7 Å². The van der Waals surface area contributed by atoms with Crippen LogP contribution in [0.1, 0.15) is 10.4 Å². The summed E-state index contributed by atoms with van der Waals surface area (Å²) in [6.07, 6.45) is 0. The molecule has 0 saturated heterocycles. The van der Waals surface area contributed by atoms with E-state index in [0.717, 1.165) is 4.31 Å². The van der Waals surface area contributed by atoms with Crippen LogP contribution in [0.4, 0.5) is 0 Å². The third-order valence-electron chi connectivity index (χ3n) is 2.33. The molecule has 0 spiro atoms. The quantitative estimate of drug-likeness (QED) is 0.859. The summed E-state index contributed by atoms with van der Waals surface area (Å²) in [6.45, 7) is 0.0451. The van der Waals surface area contributed by atoms with E-state index >= 15 is 0 Å². The molecule has 1 amide bonds. The van der Waals surface area contributed by atoms with Gasteiger partial charge in [-0.25, -0.2) is 12.7 Å². The molecule has 0 radical (unpaired) electrons. The Morgan fingerprint density at radius 3 is 2.53 bits per heavy atom. The first-order valence-electron chi connectivity index (χ1n) is 5.37. The zero-order valence-corrected chi connectivity index (χ0v) is 13.6. The summed E-state index contributed by atoms with van der Waals surface area (Å²) in [5.41, 5.74) is 0.377. The predicted molar refractivity (Wildman–Crippen MR) is 79.0 cm³/mol. The lowest BCUT2D eigenvalue weighted by Crippen LogP contribution is -2.33. The fourth-order valence-corrected chi connectivity index (χ4v) is 2.85. The van der Waals surface area contributed by atoms with Crippen molar-refractivity contribution in [3.63, 3.8) is 0 Å². The minimum atomic E-state index is -3.31. The van der Waals surface area contributed by atoms with E-state index in [0.29, 0.717) is 15.1 Å². The summed E-state index contributed by atoms with van der Waals surface area (Å²) in [6, 6.07) is 4.79. The molecule has 0 unspecified atom stereocenters. The van der Waals surface area contributed by atoms with Crippen LogP contribution in [0.15, 0.2) is 22.7 Å². The van der Waals surface area contributed by atoms with Gasteiger partial charge >= 0.3 is 0 Å². The fourth-order valence-electron chi connectivity index (χ4n) is 1.26. The molecule has 19 heavy (non-hydrogen) atoms. The van der Waals surface area contributed by atoms with E-state index in [-0.39, 0.29) is 18.2 Å². The third-order valence-corrected chi connectivity index (χ3v) is 4.84. The highest BCUT2D eigenvalue weighted by atomic mass is 79.9. The van der Waals surface area contributed by atoms with Gasteiger partial charge in [0.2, 0.25) is 10.0 Å². The third kappa shape index (κ3) is 5.10. The predicted octanol–water partition coefficient (Wildman–Crippen LogP) is 1.72. The van der Waals surface area contributed by atoms with Gasteiger partial charge in [0.1, 0.15) is 0 Å². The molecule has 5 nitrogen and oxygen atoms in total. The SMILES string of the molecule is CN(C)S(=O)(=O)CCNC(=O)c1cc(Cl)cc(Br)c1. The lowest BCUT2D eigenvalue weighted by Gasteiger charge is -2.11. The lowest BCUT2D eigenvalue weighted by atomic mass is 10.2. The summed E-state index contributed by atoms with van der Waals surface area (Å²) >= 11 is 9.06. The molecule has 0 saturated carbocycles. The smallest absolute Gasteiger partial charge is 0.251 e. The normalized spacial score (nSPS) is 11.6. The van der Waals surface area contributed by atoms with Crippen molar-refractivity contribution in [3.05, 3.63) is 33.3 Å². The molecule has 0 aromatic heterocycles. The molecular formula is C11H14BrClN2O3S. The first-order chi connectivity index (χ1) is 8.72. The van der Waals surface area contributed by atoms with Gasteiger partial charge in [-0.3, -0.25) is 4.79 Å². The van der Waals surface area contributed by atoms with Crippen LogP contribution in [0.25, 0.3) is 0 Å². The average Bonchev–Trinajstić information content (AvgIpc) is 2.27. The maximum atomic E-state index is 11.8. The van der Waals surface area contributed by atoms with E-state index in [2.05, 4.69) is 21.2 Å². The Kier molecular flexibility index (Phi) is 5.79. The first kappa shape index (κ1) is 16.4. The van der Waals surface area contributed by atoms with E-state index in [9.17, 15) is 13.2 Å². The number of nitrogens with zero attached hydrogens (tertiary/aromatic N) is 1. The van der Waals surface area contributed by atoms with Crippen molar-refractivity contribution in [1.29, 1.82) is 0 Å². The van der Waals surface area contributed by atoms with Crippen LogP contribution in [0.3, 0.4) is 0 Å². The van der Waals surface area contributed by atoms with E-state index in [1.54, 1.807) is 12.1 Å². The van der Waals surface area contributed by atoms with E-state index in [4.69, 9.17) is 11.6 Å². The van der Waals surface area contributed by atoms with Gasteiger partial charge < -0.3 is 5.32 Å². The molecule has 0 bridgehead atoms. The number of benzene rings is 1. The first-order valence-corrected chi connectivity index (χ1v) is 8.15. The molecule has 106 valence electrons. The Hall–Kier alpha value is -0.630. The maximum Gasteiger partial charge on any atom is 0.251 e. The molecule has 0 fully saturated rings. The minimum absolute atomic E-state index is 0.0451. The molecule has 0 aliphatic carbocycles. The van der Waals surface area contributed by atoms with Gasteiger partial charge in [0.25, 0.3) is 5.91 Å². The summed E-state index contributed by atoms with van der Waals surface area (Å²) in [5.74, 6) is -0.509. The van der Waals surface area contributed by atoms with E-state index in [1.807, 2.05) is 0 Å². The molecule has 0 atom stereocenters. The van der Waals surface area contributed by atoms with Crippen LogP contribution in [-0.2, 0) is 10.0 Å². The Bertz CT molecular complexity index is 555. The highest BCUT2D eigenvalue weighted by molar-refractivity contribution is 9.10. The number of rotatable bonds is 5. The van der Waals surface area contributed by atoms with Crippen LogP contribution in [0.2, 0.25) is 5.02 Å². The van der Waals surface area contributed by atoms with Gasteiger partial charge in [-0.1, -0.05) is 27.5 Å². The fraction of sp³-hybridized carbons (Fsp3) is 0.364. The van der Waals surface area contributed by atoms with Crippen molar-refractivity contribution in [2.75, 3.05) is 26.4 Å². The monoisotopic (exact) mass is 368 g/mol. The highest BCUT2D eigenvalue weighted by Gasteiger charge is 2.14. The van der Waals surface area contributed by atoms with Gasteiger partial charge in [-0.15, -0.1) is 0 Å². The topological polar surface area (TPSA) is 66.5 Å². The largest absolute Gasteiger partial charge is 0.351 e. The molecule has 1 N–H and O–H groups in total. The van der Waals surface area contributed by atoms with Crippen molar-refractivity contribution in [2.24, 2.45) is 0 Å². The van der Waals surface area contributed by atoms with Crippen LogP contribution in [-0.4, -0.2) is 45.0 Å². The van der Waals surface area contributed by atoms with Crippen LogP contribution in [0.5, 0.6) is 0 Å². The van der Waals surface area contributed by atoms with Crippen molar-refractivity contribution < 1.29 is 13.2 Å². The Morgan fingerprint density at radius 1 is 1.37 bits per heavy atom. The lowest BCUT2D eigenvalue weighted by molar-refractivity contribution is 0.0956. The summed E-state index contributed by atoms with van der Waals surface area (Å²) in [4.78, 5) is 11.8. The van der Waals surface area contributed by atoms with Gasteiger partial charge in [0.05, 0.1) is 5.75 Å². The molecule has 0 aliphatic heterocycles. The summed E-state index contributed by atoms with van der Waals surface area (Å²) in [5, 5.41) is 2.97. The average molecular weight is 370 g/mol. The minimum Gasteiger partial charge on any atom is -0.351 e. The van der Waals surface area contributed by atoms with Crippen LogP contribution >= 0.6 is 27.5 Å². The van der Waals surface area contributed by atoms with Crippen molar-refractivity contribution >= 4 is 43.5 Å². The van der Waals surface area contributed by atoms with Gasteiger partial charge in [0.15, 0.2) is 0 Å². The van der Waals surface area contributed by atoms with Crippen LogP contribution in [0, 0.1) is 0 Å². The van der Waals surface area contributed by atoms with E-state index in [1.165, 1.54) is 20.2 Å². The Morgan fingerprint density at radius 2 is 2.00 bits per heavy atom. The number of nitrogens with one attached hydrogen (secondary N) is 1. The molecule has 1 aromatic rings. The van der Waals surface area contributed by atoms with Crippen molar-refractivity contribution in [2.45, 2.75) is 0 Å². The number of carbonyl (C=O) groups is 1. The number of amides is 1. The summed E-state index contributed by atoms with van der Waals surface area (Å²) < 4.78 is 24.8. The van der Waals surface area contributed by atoms with Crippen molar-refractivity contribution in [1.82, 2.24) is 9.62 Å². The standard InChI is InChI=1S/C11H14BrClN2O3S/c1-15(2)19(17,18)4-3-14-11(16)8-5-9(12)7-10(13)6-8/h5-7H,3-4H2,1-2H3,(H,14,16). The molecule has 1 rings (SSSR count). The Balaban J connectivity index is 2.62. The van der Waals surface area contributed by atoms with Crippen LogP contribution < -0.4 is 5.32 Å². The number of hydrogen-bond donors (Lipinski definition) is 1. The molecule has 0 heterocycles. The Labute approximate surface area is 126 Å². The second-order valence-corrected chi connectivity index (χ2v) is 7.67. The zero-order valence-electron chi connectivity index (χ0n) is 10.5. The number of halogens is 2. The second-order valence-electron chi connectivity index (χ2n) is 4.01. The number of sulfonamides is 1. The molecule has 1 aromatic carbocycles. The van der Waals surface area contributed by atoms with E-state index < -0.39 is 10.0 Å². The number of carbonyl (C=O) groups excluding carboxylic acids is 1. The van der Waals surface area contributed by atoms with Crippen molar-refractivity contribution in [3.8, 4) is 0 Å². The molecule has 8 heteroatoms. The zero-order chi connectivity index (χ0) is 14.6. The van der Waals surface area contributed by atoms with Gasteiger partial charge in [-0.05, 0) is 18.2 Å². The van der Waals surface area contributed by atoms with Gasteiger partial charge in [-0.2, -0.15) is 0 Å². The summed E-state index contributed by atoms with van der Waals surface area (Å²) in [7, 11) is -0.410.